The van der Waals surface area contributed by atoms with Crippen LogP contribution in [-0.2, 0) is 0 Å². The Bertz CT molecular complexity index is 784. The molecule has 0 unspecified atom stereocenters. The fourth-order valence-corrected chi connectivity index (χ4v) is 1.99. The van der Waals surface area contributed by atoms with E-state index in [0.29, 0.717) is 5.56 Å². The summed E-state index contributed by atoms with van der Waals surface area (Å²) in [7, 11) is 0. The Morgan fingerprint density at radius 2 is 1.70 bits per heavy atom. The minimum absolute atomic E-state index is 0.715. The largest absolute Gasteiger partial charge is 0.376 e. The van der Waals surface area contributed by atoms with Crippen LogP contribution in [0.1, 0.15) is 17.2 Å². The highest BCUT2D eigenvalue weighted by Crippen LogP contribution is 2.17. The number of nitrogens with zero attached hydrogens (tertiary/aromatic N) is 1. The van der Waals surface area contributed by atoms with Gasteiger partial charge in [0.1, 0.15) is 6.10 Å². The first-order valence-electron chi connectivity index (χ1n) is 6.42. The Morgan fingerprint density at radius 3 is 2.55 bits per heavy atom. The van der Waals surface area contributed by atoms with E-state index in [0.717, 1.165) is 16.5 Å². The highest BCUT2D eigenvalue weighted by atomic mass is 16.3. The molecule has 3 rings (SSSR count). The van der Waals surface area contributed by atoms with Crippen LogP contribution in [0, 0.1) is 11.8 Å². The van der Waals surface area contributed by atoms with Crippen molar-refractivity contribution in [3.05, 3.63) is 78.0 Å². The number of rotatable bonds is 1. The molecular formula is C18H13NO. The minimum atomic E-state index is -0.827. The average molecular weight is 259 g/mol. The molecule has 0 spiro atoms. The van der Waals surface area contributed by atoms with E-state index < -0.39 is 6.10 Å². The quantitative estimate of drug-likeness (QED) is 0.680. The summed E-state index contributed by atoms with van der Waals surface area (Å²) in [5, 5.41) is 11.1. The normalized spacial score (nSPS) is 11.7. The summed E-state index contributed by atoms with van der Waals surface area (Å²) in [5.41, 5.74) is 2.52. The predicted molar refractivity (Wildman–Crippen MR) is 80.0 cm³/mol. The van der Waals surface area contributed by atoms with Crippen LogP contribution < -0.4 is 0 Å². The van der Waals surface area contributed by atoms with Crippen LogP contribution in [0.3, 0.4) is 0 Å². The van der Waals surface area contributed by atoms with Gasteiger partial charge in [0.15, 0.2) is 0 Å². The van der Waals surface area contributed by atoms with Crippen LogP contribution in [0.25, 0.3) is 10.9 Å². The van der Waals surface area contributed by atoms with Crippen LogP contribution in [0.4, 0.5) is 0 Å². The molecule has 1 N–H and O–H groups in total. The van der Waals surface area contributed by atoms with Gasteiger partial charge in [0.2, 0.25) is 0 Å². The van der Waals surface area contributed by atoms with Gasteiger partial charge in [-0.25, -0.2) is 0 Å². The van der Waals surface area contributed by atoms with E-state index in [4.69, 9.17) is 0 Å². The standard InChI is InChI=1S/C18H13NO/c20-18(11-10-14-6-2-1-3-7-14)16-12-15-8-4-5-9-17(15)19-13-16/h1-9,12-13,18,20H/t18-/m0/s1. The van der Waals surface area contributed by atoms with E-state index in [9.17, 15) is 5.11 Å². The van der Waals surface area contributed by atoms with E-state index >= 15 is 0 Å². The molecule has 0 bridgehead atoms. The fourth-order valence-electron chi connectivity index (χ4n) is 1.99. The van der Waals surface area contributed by atoms with Gasteiger partial charge in [0, 0.05) is 22.7 Å². The third kappa shape index (κ3) is 2.69. The molecule has 0 fully saturated rings. The fraction of sp³-hybridized carbons (Fsp3) is 0.0556. The van der Waals surface area contributed by atoms with Crippen LogP contribution in [0.5, 0.6) is 0 Å². The Labute approximate surface area is 117 Å². The van der Waals surface area contributed by atoms with Gasteiger partial charge in [-0.3, -0.25) is 4.98 Å². The van der Waals surface area contributed by atoms with Crippen molar-refractivity contribution in [2.45, 2.75) is 6.10 Å². The van der Waals surface area contributed by atoms with Gasteiger partial charge >= 0.3 is 0 Å². The van der Waals surface area contributed by atoms with Crippen molar-refractivity contribution in [1.29, 1.82) is 0 Å². The van der Waals surface area contributed by atoms with E-state index in [-0.39, 0.29) is 0 Å². The SMILES string of the molecule is O[C@@H](C#Cc1ccccc1)c1cnc2ccccc2c1. The molecule has 0 aliphatic carbocycles. The Kier molecular flexibility index (Phi) is 3.45. The van der Waals surface area contributed by atoms with Crippen molar-refractivity contribution >= 4 is 10.9 Å². The van der Waals surface area contributed by atoms with Crippen molar-refractivity contribution in [2.75, 3.05) is 0 Å². The second-order valence-electron chi connectivity index (χ2n) is 4.50. The van der Waals surface area contributed by atoms with Crippen molar-refractivity contribution in [3.63, 3.8) is 0 Å². The molecule has 0 aliphatic heterocycles. The van der Waals surface area contributed by atoms with Crippen molar-refractivity contribution in [1.82, 2.24) is 4.98 Å². The van der Waals surface area contributed by atoms with Crippen molar-refractivity contribution in [2.24, 2.45) is 0 Å². The number of hydrogen-bond donors (Lipinski definition) is 1. The molecule has 0 radical (unpaired) electrons. The highest BCUT2D eigenvalue weighted by Gasteiger charge is 2.05. The van der Waals surface area contributed by atoms with Gasteiger partial charge in [0.05, 0.1) is 5.52 Å². The lowest BCUT2D eigenvalue weighted by Gasteiger charge is -2.04. The van der Waals surface area contributed by atoms with Gasteiger partial charge in [0.25, 0.3) is 0 Å². The smallest absolute Gasteiger partial charge is 0.142 e. The summed E-state index contributed by atoms with van der Waals surface area (Å²) in [5.74, 6) is 5.81. The maximum Gasteiger partial charge on any atom is 0.142 e. The number of aliphatic hydroxyl groups excluding tert-OH is 1. The topological polar surface area (TPSA) is 33.1 Å². The average Bonchev–Trinajstić information content (AvgIpc) is 2.53. The summed E-state index contributed by atoms with van der Waals surface area (Å²) in [6, 6.07) is 19.4. The molecule has 0 aliphatic rings. The first-order valence-corrected chi connectivity index (χ1v) is 6.42. The molecule has 2 aromatic carbocycles. The summed E-state index contributed by atoms with van der Waals surface area (Å²) in [6.45, 7) is 0. The van der Waals surface area contributed by atoms with Gasteiger partial charge in [-0.15, -0.1) is 0 Å². The molecular weight excluding hydrogens is 246 g/mol. The number of pyridine rings is 1. The summed E-state index contributed by atoms with van der Waals surface area (Å²) < 4.78 is 0. The number of fused-ring (bicyclic) bond motifs is 1. The Balaban J connectivity index is 1.89. The van der Waals surface area contributed by atoms with E-state index in [2.05, 4.69) is 16.8 Å². The van der Waals surface area contributed by atoms with Crippen LogP contribution in [0.15, 0.2) is 66.9 Å². The molecule has 3 aromatic rings. The summed E-state index contributed by atoms with van der Waals surface area (Å²) in [6.07, 6.45) is 0.847. The van der Waals surface area contributed by atoms with Crippen molar-refractivity contribution < 1.29 is 5.11 Å². The van der Waals surface area contributed by atoms with Crippen LogP contribution >= 0.6 is 0 Å². The molecule has 2 heteroatoms. The first-order chi connectivity index (χ1) is 9.83. The summed E-state index contributed by atoms with van der Waals surface area (Å²) >= 11 is 0. The summed E-state index contributed by atoms with van der Waals surface area (Å²) in [4.78, 5) is 4.33. The van der Waals surface area contributed by atoms with E-state index in [1.807, 2.05) is 60.7 Å². The van der Waals surface area contributed by atoms with Crippen LogP contribution in [0.2, 0.25) is 0 Å². The molecule has 1 atom stereocenters. The number of para-hydroxylation sites is 1. The number of aliphatic hydroxyl groups is 1. The zero-order chi connectivity index (χ0) is 13.8. The number of hydrogen-bond acceptors (Lipinski definition) is 2. The molecule has 0 saturated carbocycles. The second-order valence-corrected chi connectivity index (χ2v) is 4.50. The molecule has 1 aromatic heterocycles. The lowest BCUT2D eigenvalue weighted by atomic mass is 10.1. The van der Waals surface area contributed by atoms with Gasteiger partial charge in [-0.05, 0) is 24.3 Å². The Hall–Kier alpha value is -2.63. The zero-order valence-electron chi connectivity index (χ0n) is 10.8. The molecule has 0 saturated heterocycles. The van der Waals surface area contributed by atoms with E-state index in [1.54, 1.807) is 6.20 Å². The molecule has 2 nitrogen and oxygen atoms in total. The maximum atomic E-state index is 10.1. The van der Waals surface area contributed by atoms with Crippen molar-refractivity contribution in [3.8, 4) is 11.8 Å². The third-order valence-corrected chi connectivity index (χ3v) is 3.05. The Morgan fingerprint density at radius 1 is 0.950 bits per heavy atom. The second kappa shape index (κ2) is 5.56. The molecule has 20 heavy (non-hydrogen) atoms. The van der Waals surface area contributed by atoms with Gasteiger partial charge in [-0.1, -0.05) is 48.2 Å². The monoisotopic (exact) mass is 259 g/mol. The predicted octanol–water partition coefficient (Wildman–Crippen LogP) is 3.32. The third-order valence-electron chi connectivity index (χ3n) is 3.05. The van der Waals surface area contributed by atoms with Gasteiger partial charge < -0.3 is 5.11 Å². The molecule has 1 heterocycles. The molecule has 96 valence electrons. The number of benzene rings is 2. The number of aromatic nitrogens is 1. The van der Waals surface area contributed by atoms with Crippen LogP contribution in [-0.4, -0.2) is 10.1 Å². The lowest BCUT2D eigenvalue weighted by molar-refractivity contribution is 0.238. The van der Waals surface area contributed by atoms with Gasteiger partial charge in [-0.2, -0.15) is 0 Å². The molecule has 0 amide bonds. The zero-order valence-corrected chi connectivity index (χ0v) is 10.8. The minimum Gasteiger partial charge on any atom is -0.376 e. The lowest BCUT2D eigenvalue weighted by Crippen LogP contribution is -1.95. The highest BCUT2D eigenvalue weighted by molar-refractivity contribution is 5.78. The van der Waals surface area contributed by atoms with E-state index in [1.165, 1.54) is 0 Å². The maximum absolute atomic E-state index is 10.1. The first kappa shape index (κ1) is 12.4.